The van der Waals surface area contributed by atoms with E-state index in [0.717, 1.165) is 12.8 Å². The predicted octanol–water partition coefficient (Wildman–Crippen LogP) is 1.93. The van der Waals surface area contributed by atoms with Gasteiger partial charge in [0, 0.05) is 21.3 Å². The first kappa shape index (κ1) is 15.3. The van der Waals surface area contributed by atoms with Crippen molar-refractivity contribution in [3.05, 3.63) is 35.9 Å². The largest absolute Gasteiger partial charge is 0.508 e. The van der Waals surface area contributed by atoms with Gasteiger partial charge in [0.15, 0.2) is 0 Å². The minimum atomic E-state index is -2.68. The van der Waals surface area contributed by atoms with Gasteiger partial charge >= 0.3 is 8.80 Å². The molecule has 0 heterocycles. The van der Waals surface area contributed by atoms with Crippen LogP contribution in [0.25, 0.3) is 0 Å². The monoisotopic (exact) mass is 269 g/mol. The van der Waals surface area contributed by atoms with Gasteiger partial charge in [0.05, 0.1) is 5.54 Å². The number of rotatable bonds is 8. The SMILES string of the molecule is CO[Si](OC)(OC)C(CCCN)c1ccccc1. The Balaban J connectivity index is 3.03. The molecule has 0 amide bonds. The standard InChI is InChI=1S/C13H23NO3Si/c1-15-18(16-2,17-3)13(10-7-11-14)12-8-5-4-6-9-12/h4-6,8-9,13H,7,10-11,14H2,1-3H3. The smallest absolute Gasteiger partial charge is 0.376 e. The quantitative estimate of drug-likeness (QED) is 0.733. The van der Waals surface area contributed by atoms with Crippen LogP contribution in [0, 0.1) is 0 Å². The van der Waals surface area contributed by atoms with Gasteiger partial charge in [-0.1, -0.05) is 30.3 Å². The minimum absolute atomic E-state index is 0.127. The number of benzene rings is 1. The van der Waals surface area contributed by atoms with Crippen LogP contribution in [0.3, 0.4) is 0 Å². The third-order valence-electron chi connectivity index (χ3n) is 3.18. The molecule has 2 N–H and O–H groups in total. The normalized spacial score (nSPS) is 13.6. The van der Waals surface area contributed by atoms with E-state index < -0.39 is 8.80 Å². The van der Waals surface area contributed by atoms with E-state index in [1.165, 1.54) is 5.56 Å². The van der Waals surface area contributed by atoms with Crippen molar-refractivity contribution < 1.29 is 13.3 Å². The molecular weight excluding hydrogens is 246 g/mol. The summed E-state index contributed by atoms with van der Waals surface area (Å²) in [6.07, 6.45) is 1.83. The molecule has 102 valence electrons. The third-order valence-corrected chi connectivity index (χ3v) is 6.36. The second-order valence-electron chi connectivity index (χ2n) is 4.11. The predicted molar refractivity (Wildman–Crippen MR) is 74.3 cm³/mol. The molecule has 0 fully saturated rings. The van der Waals surface area contributed by atoms with Crippen molar-refractivity contribution in [3.63, 3.8) is 0 Å². The number of hydrogen-bond donors (Lipinski definition) is 1. The van der Waals surface area contributed by atoms with Crippen molar-refractivity contribution in [3.8, 4) is 0 Å². The highest BCUT2D eigenvalue weighted by Gasteiger charge is 2.47. The van der Waals surface area contributed by atoms with E-state index in [9.17, 15) is 0 Å². The average molecular weight is 269 g/mol. The van der Waals surface area contributed by atoms with Crippen molar-refractivity contribution in [1.82, 2.24) is 0 Å². The highest BCUT2D eigenvalue weighted by molar-refractivity contribution is 6.62. The molecule has 1 atom stereocenters. The maximum Gasteiger partial charge on any atom is 0.508 e. The Morgan fingerprint density at radius 1 is 1.06 bits per heavy atom. The maximum atomic E-state index is 5.62. The van der Waals surface area contributed by atoms with Gasteiger partial charge in [-0.25, -0.2) is 0 Å². The minimum Gasteiger partial charge on any atom is -0.376 e. The van der Waals surface area contributed by atoms with Crippen molar-refractivity contribution in [2.45, 2.75) is 18.4 Å². The molecule has 1 unspecified atom stereocenters. The highest BCUT2D eigenvalue weighted by Crippen LogP contribution is 2.32. The molecule has 4 nitrogen and oxygen atoms in total. The van der Waals surface area contributed by atoms with Crippen molar-refractivity contribution in [2.24, 2.45) is 5.73 Å². The molecule has 1 aromatic carbocycles. The van der Waals surface area contributed by atoms with Crippen LogP contribution in [0.4, 0.5) is 0 Å². The zero-order valence-electron chi connectivity index (χ0n) is 11.4. The third kappa shape index (κ3) is 3.40. The van der Waals surface area contributed by atoms with E-state index in [-0.39, 0.29) is 5.54 Å². The van der Waals surface area contributed by atoms with Crippen molar-refractivity contribution >= 4 is 8.80 Å². The van der Waals surface area contributed by atoms with Crippen LogP contribution in [0.1, 0.15) is 23.9 Å². The van der Waals surface area contributed by atoms with Gasteiger partial charge in [0.2, 0.25) is 0 Å². The molecule has 0 aromatic heterocycles. The molecule has 0 saturated carbocycles. The summed E-state index contributed by atoms with van der Waals surface area (Å²) in [5.41, 5.74) is 6.93. The summed E-state index contributed by atoms with van der Waals surface area (Å²) in [5, 5.41) is 0. The molecule has 0 aliphatic rings. The summed E-state index contributed by atoms with van der Waals surface area (Å²) in [6.45, 7) is 0.658. The summed E-state index contributed by atoms with van der Waals surface area (Å²) in [6, 6.07) is 10.2. The fourth-order valence-corrected chi connectivity index (χ4v) is 4.74. The lowest BCUT2D eigenvalue weighted by Gasteiger charge is -2.32. The Hall–Kier alpha value is -0.723. The zero-order chi connectivity index (χ0) is 13.4. The average Bonchev–Trinajstić information content (AvgIpc) is 2.45. The molecule has 0 aliphatic carbocycles. The van der Waals surface area contributed by atoms with Gasteiger partial charge in [-0.2, -0.15) is 0 Å². The van der Waals surface area contributed by atoms with Crippen molar-refractivity contribution in [1.29, 1.82) is 0 Å². The second-order valence-corrected chi connectivity index (χ2v) is 7.24. The number of nitrogens with two attached hydrogens (primary N) is 1. The molecule has 1 rings (SSSR count). The van der Waals surface area contributed by atoms with Gasteiger partial charge in [0.1, 0.15) is 0 Å². The van der Waals surface area contributed by atoms with E-state index in [4.69, 9.17) is 19.0 Å². The molecule has 0 bridgehead atoms. The van der Waals surface area contributed by atoms with E-state index in [1.54, 1.807) is 21.3 Å². The molecule has 0 radical (unpaired) electrons. The van der Waals surface area contributed by atoms with Crippen LogP contribution < -0.4 is 5.73 Å². The zero-order valence-corrected chi connectivity index (χ0v) is 12.4. The van der Waals surface area contributed by atoms with E-state index in [0.29, 0.717) is 6.54 Å². The second kappa shape index (κ2) is 7.65. The fourth-order valence-electron chi connectivity index (χ4n) is 2.23. The Bertz CT molecular complexity index is 322. The van der Waals surface area contributed by atoms with Gasteiger partial charge < -0.3 is 19.0 Å². The summed E-state index contributed by atoms with van der Waals surface area (Å²) in [5.74, 6) is 0. The Kier molecular flexibility index (Phi) is 6.52. The Morgan fingerprint density at radius 2 is 1.61 bits per heavy atom. The van der Waals surface area contributed by atoms with E-state index in [1.807, 2.05) is 18.2 Å². The van der Waals surface area contributed by atoms with Crippen LogP contribution in [0.15, 0.2) is 30.3 Å². The van der Waals surface area contributed by atoms with Gasteiger partial charge in [-0.15, -0.1) is 0 Å². The van der Waals surface area contributed by atoms with Crippen molar-refractivity contribution in [2.75, 3.05) is 27.9 Å². The molecule has 0 saturated heterocycles. The summed E-state index contributed by atoms with van der Waals surface area (Å²) in [7, 11) is 2.27. The van der Waals surface area contributed by atoms with Crippen LogP contribution in [0.2, 0.25) is 0 Å². The van der Waals surface area contributed by atoms with Crippen LogP contribution in [-0.4, -0.2) is 36.7 Å². The molecule has 18 heavy (non-hydrogen) atoms. The summed E-state index contributed by atoms with van der Waals surface area (Å²) >= 11 is 0. The van der Waals surface area contributed by atoms with Crippen LogP contribution >= 0.6 is 0 Å². The van der Waals surface area contributed by atoms with E-state index in [2.05, 4.69) is 12.1 Å². The molecule has 5 heteroatoms. The lowest BCUT2D eigenvalue weighted by atomic mass is 10.1. The fraction of sp³-hybridized carbons (Fsp3) is 0.538. The van der Waals surface area contributed by atoms with Crippen LogP contribution in [0.5, 0.6) is 0 Å². The first-order chi connectivity index (χ1) is 8.74. The molecular formula is C13H23NO3Si. The lowest BCUT2D eigenvalue weighted by Crippen LogP contribution is -2.49. The molecule has 0 spiro atoms. The lowest BCUT2D eigenvalue weighted by molar-refractivity contribution is 0.110. The first-order valence-electron chi connectivity index (χ1n) is 6.14. The molecule has 0 aliphatic heterocycles. The maximum absolute atomic E-state index is 5.62. The van der Waals surface area contributed by atoms with Crippen LogP contribution in [-0.2, 0) is 13.3 Å². The van der Waals surface area contributed by atoms with Gasteiger partial charge in [-0.05, 0) is 24.9 Å². The first-order valence-corrected chi connectivity index (χ1v) is 7.94. The highest BCUT2D eigenvalue weighted by atomic mass is 28.4. The summed E-state index contributed by atoms with van der Waals surface area (Å²) < 4.78 is 16.8. The topological polar surface area (TPSA) is 53.7 Å². The summed E-state index contributed by atoms with van der Waals surface area (Å²) in [4.78, 5) is 0. The van der Waals surface area contributed by atoms with E-state index >= 15 is 0 Å². The Morgan fingerprint density at radius 3 is 2.06 bits per heavy atom. The van der Waals surface area contributed by atoms with Gasteiger partial charge in [0.25, 0.3) is 0 Å². The molecule has 1 aromatic rings. The van der Waals surface area contributed by atoms with Gasteiger partial charge in [-0.3, -0.25) is 0 Å². The number of hydrogen-bond acceptors (Lipinski definition) is 4. The Labute approximate surface area is 110 Å².